The molecule has 0 saturated carbocycles. The Morgan fingerprint density at radius 1 is 1.35 bits per heavy atom. The molecule has 2 aliphatic rings. The van der Waals surface area contributed by atoms with Crippen LogP contribution >= 0.6 is 23.5 Å². The Kier molecular flexibility index (Phi) is 3.78. The maximum Gasteiger partial charge on any atom is 0.257 e. The van der Waals surface area contributed by atoms with Gasteiger partial charge in [0.2, 0.25) is 5.17 Å². The molecule has 5 nitrogen and oxygen atoms in total. The van der Waals surface area contributed by atoms with Gasteiger partial charge in [0.05, 0.1) is 12.3 Å². The van der Waals surface area contributed by atoms with Gasteiger partial charge in [0.15, 0.2) is 4.38 Å². The average molecular weight is 327 g/mol. The Bertz CT molecular complexity index is 680. The Hall–Kier alpha value is -0.990. The molecule has 1 aromatic carbocycles. The number of hydrazone groups is 1. The van der Waals surface area contributed by atoms with Gasteiger partial charge in [-0.2, -0.15) is 5.10 Å². The van der Waals surface area contributed by atoms with E-state index in [1.807, 2.05) is 0 Å². The third-order valence-electron chi connectivity index (χ3n) is 2.86. The normalized spacial score (nSPS) is 20.4. The molecule has 2 aliphatic heterocycles. The highest BCUT2D eigenvalue weighted by Gasteiger charge is 2.30. The lowest BCUT2D eigenvalue weighted by molar-refractivity contribution is 0.474. The first-order valence-electron chi connectivity index (χ1n) is 6.07. The summed E-state index contributed by atoms with van der Waals surface area (Å²) in [4.78, 5) is 0. The number of fused-ring (bicyclic) bond motifs is 1. The molecule has 0 radical (unpaired) electrons. The van der Waals surface area contributed by atoms with Crippen molar-refractivity contribution < 1.29 is 8.42 Å². The minimum atomic E-state index is -3.29. The molecule has 0 spiro atoms. The number of benzene rings is 1. The Labute approximate surface area is 126 Å². The van der Waals surface area contributed by atoms with Gasteiger partial charge in [-0.3, -0.25) is 0 Å². The van der Waals surface area contributed by atoms with Crippen LogP contribution in [-0.2, 0) is 15.8 Å². The molecule has 0 bridgehead atoms. The molecule has 8 heteroatoms. The summed E-state index contributed by atoms with van der Waals surface area (Å²) in [6, 6.07) is 8.36. The van der Waals surface area contributed by atoms with Crippen molar-refractivity contribution in [1.82, 2.24) is 5.01 Å². The monoisotopic (exact) mass is 327 g/mol. The van der Waals surface area contributed by atoms with Crippen LogP contribution in [0.2, 0.25) is 0 Å². The van der Waals surface area contributed by atoms with Crippen LogP contribution < -0.4 is 0 Å². The van der Waals surface area contributed by atoms with E-state index in [1.54, 1.807) is 16.8 Å². The first-order chi connectivity index (χ1) is 9.52. The van der Waals surface area contributed by atoms with Gasteiger partial charge in [0.25, 0.3) is 10.0 Å². The molecular formula is C12H13N3O2S3. The SMILES string of the molecule is Cc1ccc(CSC2=NN3CCS(=O)(=O)N=C3S2)cc1. The van der Waals surface area contributed by atoms with Crippen LogP contribution in [0.1, 0.15) is 11.1 Å². The smallest absolute Gasteiger partial charge is 0.239 e. The molecule has 0 atom stereocenters. The minimum absolute atomic E-state index is 0.0382. The molecule has 0 aromatic heterocycles. The van der Waals surface area contributed by atoms with E-state index in [1.165, 1.54) is 22.9 Å². The van der Waals surface area contributed by atoms with Crippen LogP contribution in [0, 0.1) is 6.92 Å². The van der Waals surface area contributed by atoms with Crippen LogP contribution in [0.25, 0.3) is 0 Å². The van der Waals surface area contributed by atoms with Crippen molar-refractivity contribution in [2.75, 3.05) is 12.3 Å². The van der Waals surface area contributed by atoms with E-state index in [0.717, 1.165) is 10.1 Å². The van der Waals surface area contributed by atoms with Gasteiger partial charge in [-0.15, -0.1) is 4.40 Å². The second kappa shape index (κ2) is 5.42. The number of sulfonamides is 1. The van der Waals surface area contributed by atoms with E-state index < -0.39 is 10.0 Å². The van der Waals surface area contributed by atoms with Crippen LogP contribution in [0.3, 0.4) is 0 Å². The number of thioether (sulfide) groups is 2. The van der Waals surface area contributed by atoms with E-state index in [-0.39, 0.29) is 5.75 Å². The van der Waals surface area contributed by atoms with Crippen molar-refractivity contribution in [1.29, 1.82) is 0 Å². The zero-order valence-corrected chi connectivity index (χ0v) is 13.3. The number of rotatable bonds is 2. The van der Waals surface area contributed by atoms with Crippen molar-refractivity contribution in [2.45, 2.75) is 12.7 Å². The number of amidine groups is 1. The summed E-state index contributed by atoms with van der Waals surface area (Å²) in [7, 11) is -3.29. The molecular weight excluding hydrogens is 314 g/mol. The van der Waals surface area contributed by atoms with Gasteiger partial charge in [-0.05, 0) is 24.2 Å². The van der Waals surface area contributed by atoms with Crippen molar-refractivity contribution >= 4 is 43.1 Å². The number of hydrogen-bond donors (Lipinski definition) is 0. The number of hydrogen-bond acceptors (Lipinski definition) is 6. The summed E-state index contributed by atoms with van der Waals surface area (Å²) in [5, 5.41) is 6.53. The number of nitrogens with zero attached hydrogens (tertiary/aromatic N) is 3. The van der Waals surface area contributed by atoms with Gasteiger partial charge >= 0.3 is 0 Å². The van der Waals surface area contributed by atoms with Crippen LogP contribution in [-0.4, -0.2) is 35.3 Å². The van der Waals surface area contributed by atoms with E-state index in [4.69, 9.17) is 0 Å². The summed E-state index contributed by atoms with van der Waals surface area (Å²) in [6.07, 6.45) is 0. The molecule has 0 unspecified atom stereocenters. The van der Waals surface area contributed by atoms with Crippen molar-refractivity contribution in [3.63, 3.8) is 0 Å². The second-order valence-electron chi connectivity index (χ2n) is 4.53. The van der Waals surface area contributed by atoms with Crippen LogP contribution in [0.4, 0.5) is 0 Å². The minimum Gasteiger partial charge on any atom is -0.239 e. The molecule has 20 heavy (non-hydrogen) atoms. The fraction of sp³-hybridized carbons (Fsp3) is 0.333. The predicted octanol–water partition coefficient (Wildman–Crippen LogP) is 2.25. The summed E-state index contributed by atoms with van der Waals surface area (Å²) < 4.78 is 27.4. The average Bonchev–Trinajstić information content (AvgIpc) is 2.78. The molecule has 0 saturated heterocycles. The molecule has 0 amide bonds. The first-order valence-corrected chi connectivity index (χ1v) is 9.48. The quantitative estimate of drug-likeness (QED) is 0.834. The van der Waals surface area contributed by atoms with Crippen LogP contribution in [0.15, 0.2) is 33.8 Å². The molecule has 0 N–H and O–H groups in total. The van der Waals surface area contributed by atoms with Gasteiger partial charge in [-0.25, -0.2) is 13.4 Å². The Balaban J connectivity index is 1.65. The summed E-state index contributed by atoms with van der Waals surface area (Å²) >= 11 is 2.93. The molecule has 0 aliphatic carbocycles. The van der Waals surface area contributed by atoms with E-state index in [9.17, 15) is 8.42 Å². The Morgan fingerprint density at radius 3 is 2.85 bits per heavy atom. The third kappa shape index (κ3) is 3.18. The maximum absolute atomic E-state index is 11.4. The highest BCUT2D eigenvalue weighted by molar-refractivity contribution is 8.45. The third-order valence-corrected chi connectivity index (χ3v) is 6.28. The molecule has 1 aromatic rings. The highest BCUT2D eigenvalue weighted by atomic mass is 32.2. The summed E-state index contributed by atoms with van der Waals surface area (Å²) in [6.45, 7) is 2.45. The van der Waals surface area contributed by atoms with Gasteiger partial charge < -0.3 is 0 Å². The topological polar surface area (TPSA) is 62.1 Å². The highest BCUT2D eigenvalue weighted by Crippen LogP contribution is 2.31. The lowest BCUT2D eigenvalue weighted by atomic mass is 10.2. The van der Waals surface area contributed by atoms with Gasteiger partial charge in [0, 0.05) is 5.75 Å². The van der Waals surface area contributed by atoms with Crippen molar-refractivity contribution in [3.05, 3.63) is 35.4 Å². The zero-order valence-electron chi connectivity index (χ0n) is 10.8. The largest absolute Gasteiger partial charge is 0.257 e. The lowest BCUT2D eigenvalue weighted by Gasteiger charge is -2.16. The van der Waals surface area contributed by atoms with Gasteiger partial charge in [-0.1, -0.05) is 41.6 Å². The molecule has 2 heterocycles. The Morgan fingerprint density at radius 2 is 2.10 bits per heavy atom. The zero-order chi connectivity index (χ0) is 14.2. The van der Waals surface area contributed by atoms with E-state index in [2.05, 4.69) is 40.7 Å². The molecule has 106 valence electrons. The summed E-state index contributed by atoms with van der Waals surface area (Å²) in [5.41, 5.74) is 2.46. The van der Waals surface area contributed by atoms with E-state index >= 15 is 0 Å². The first kappa shape index (κ1) is 14.0. The fourth-order valence-corrected chi connectivity index (χ4v) is 4.88. The molecule has 0 fully saturated rings. The second-order valence-corrected chi connectivity index (χ2v) is 8.46. The maximum atomic E-state index is 11.4. The standard InChI is InChI=1S/C12H13N3O2S3/c1-9-2-4-10(5-3-9)8-18-12-13-15-6-7-20(16,17)14-11(15)19-12/h2-5H,6-8H2,1H3. The van der Waals surface area contributed by atoms with Gasteiger partial charge in [0.1, 0.15) is 0 Å². The van der Waals surface area contributed by atoms with Crippen molar-refractivity contribution in [2.24, 2.45) is 9.50 Å². The van der Waals surface area contributed by atoms with E-state index in [0.29, 0.717) is 11.7 Å². The van der Waals surface area contributed by atoms with Crippen LogP contribution in [0.5, 0.6) is 0 Å². The lowest BCUT2D eigenvalue weighted by Crippen LogP contribution is -2.31. The fourth-order valence-electron chi connectivity index (χ4n) is 1.76. The number of aryl methyl sites for hydroxylation is 1. The van der Waals surface area contributed by atoms with Crippen molar-refractivity contribution in [3.8, 4) is 0 Å². The predicted molar refractivity (Wildman–Crippen MR) is 85.4 cm³/mol. The summed E-state index contributed by atoms with van der Waals surface area (Å²) in [5.74, 6) is 0.858. The molecule has 3 rings (SSSR count).